The molecule has 3 rings (SSSR count). The maximum Gasteiger partial charge on any atom is 0.338 e. The number of aromatic nitrogens is 2. The molecule has 0 amide bonds. The molecule has 1 aromatic heterocycles. The minimum absolute atomic E-state index is 0.172. The van der Waals surface area contributed by atoms with Crippen LogP contribution in [0.2, 0.25) is 5.02 Å². The highest BCUT2D eigenvalue weighted by Gasteiger charge is 2.14. The van der Waals surface area contributed by atoms with Crippen molar-refractivity contribution < 1.29 is 9.53 Å². The molecule has 4 nitrogen and oxygen atoms in total. The molecule has 3 aromatic rings. The summed E-state index contributed by atoms with van der Waals surface area (Å²) in [4.78, 5) is 19.7. The summed E-state index contributed by atoms with van der Waals surface area (Å²) < 4.78 is 5.77. The fourth-order valence-electron chi connectivity index (χ4n) is 2.18. The molecule has 0 radical (unpaired) electrons. The largest absolute Gasteiger partial charge is 0.458 e. The van der Waals surface area contributed by atoms with E-state index in [2.05, 4.69) is 32.5 Å². The van der Waals surface area contributed by atoms with E-state index in [4.69, 9.17) is 16.3 Å². The van der Waals surface area contributed by atoms with Gasteiger partial charge in [-0.3, -0.25) is 0 Å². The van der Waals surface area contributed by atoms with E-state index in [0.29, 0.717) is 20.9 Å². The maximum absolute atomic E-state index is 12.0. The minimum Gasteiger partial charge on any atom is -0.458 e. The van der Waals surface area contributed by atoms with Crippen LogP contribution in [0.4, 0.5) is 0 Å². The summed E-state index contributed by atoms with van der Waals surface area (Å²) in [6.07, 6.45) is 1.53. The Labute approximate surface area is 146 Å². The van der Waals surface area contributed by atoms with Crippen LogP contribution in [0.15, 0.2) is 53.5 Å². The molecule has 0 aliphatic rings. The van der Waals surface area contributed by atoms with Gasteiger partial charge in [0.1, 0.15) is 17.9 Å². The molecular formula is C17H12BrClN2O2. The van der Waals surface area contributed by atoms with Gasteiger partial charge >= 0.3 is 5.97 Å². The topological polar surface area (TPSA) is 55.0 Å². The molecule has 0 atom stereocenters. The highest BCUT2D eigenvalue weighted by atomic mass is 79.9. The lowest BCUT2D eigenvalue weighted by Gasteiger charge is -2.02. The third kappa shape index (κ3) is 3.30. The van der Waals surface area contributed by atoms with Crippen LogP contribution < -0.4 is 0 Å². The second-order valence-corrected chi connectivity index (χ2v) is 6.13. The predicted molar refractivity (Wildman–Crippen MR) is 94.7 cm³/mol. The Kier molecular flexibility index (Phi) is 4.50. The molecule has 0 aliphatic carbocycles. The van der Waals surface area contributed by atoms with Crippen molar-refractivity contribution in [3.8, 4) is 11.4 Å². The molecule has 0 unspecified atom stereocenters. The van der Waals surface area contributed by atoms with Gasteiger partial charge in [0.05, 0.1) is 11.1 Å². The fourth-order valence-corrected chi connectivity index (χ4v) is 2.92. The Morgan fingerprint density at radius 3 is 2.96 bits per heavy atom. The van der Waals surface area contributed by atoms with Crippen molar-refractivity contribution in [3.63, 3.8) is 0 Å². The molecule has 0 spiro atoms. The number of carbonyl (C=O) groups excluding carboxylic acids is 1. The number of rotatable bonds is 4. The Balaban J connectivity index is 2.04. The summed E-state index contributed by atoms with van der Waals surface area (Å²) in [7, 11) is 0. The van der Waals surface area contributed by atoms with Gasteiger partial charge in [0.15, 0.2) is 0 Å². The monoisotopic (exact) mass is 390 g/mol. The number of ether oxygens (including phenoxy) is 1. The second kappa shape index (κ2) is 6.56. The van der Waals surface area contributed by atoms with Crippen LogP contribution in [0, 0.1) is 0 Å². The van der Waals surface area contributed by atoms with Crippen molar-refractivity contribution in [2.45, 2.75) is 0 Å². The lowest BCUT2D eigenvalue weighted by molar-refractivity contribution is 0.0550. The third-order valence-corrected chi connectivity index (χ3v) is 4.05. The number of benzene rings is 2. The molecule has 0 saturated heterocycles. The first-order valence-corrected chi connectivity index (χ1v) is 7.99. The molecule has 0 fully saturated rings. The van der Waals surface area contributed by atoms with Gasteiger partial charge in [0, 0.05) is 15.1 Å². The van der Waals surface area contributed by atoms with Gasteiger partial charge < -0.3 is 9.72 Å². The van der Waals surface area contributed by atoms with Crippen LogP contribution in [0.5, 0.6) is 0 Å². The van der Waals surface area contributed by atoms with Gasteiger partial charge in [-0.25, -0.2) is 9.78 Å². The van der Waals surface area contributed by atoms with Crippen LogP contribution in [0.3, 0.4) is 0 Å². The normalized spacial score (nSPS) is 10.7. The first-order valence-electron chi connectivity index (χ1n) is 6.81. The first-order chi connectivity index (χ1) is 11.1. The molecule has 0 saturated carbocycles. The second-order valence-electron chi connectivity index (χ2n) is 4.84. The third-order valence-electron chi connectivity index (χ3n) is 3.21. The quantitative estimate of drug-likeness (QED) is 0.503. The first kappa shape index (κ1) is 15.8. The van der Waals surface area contributed by atoms with Gasteiger partial charge in [-0.15, -0.1) is 0 Å². The number of hydrogen-bond donors (Lipinski definition) is 1. The lowest BCUT2D eigenvalue weighted by atomic mass is 10.2. The SMILES string of the molecule is C=CCOC(=O)c1cc(Br)c2nc(-c3cccc(Cl)c3)[nH]c2c1. The smallest absolute Gasteiger partial charge is 0.338 e. The number of fused-ring (bicyclic) bond motifs is 1. The van der Waals surface area contributed by atoms with Crippen LogP contribution in [0.25, 0.3) is 22.4 Å². The zero-order valence-corrected chi connectivity index (χ0v) is 14.3. The van der Waals surface area contributed by atoms with Crippen molar-refractivity contribution in [1.82, 2.24) is 9.97 Å². The molecule has 1 heterocycles. The minimum atomic E-state index is -0.411. The number of imidazole rings is 1. The van der Waals surface area contributed by atoms with Gasteiger partial charge in [-0.1, -0.05) is 36.4 Å². The van der Waals surface area contributed by atoms with E-state index >= 15 is 0 Å². The molecular weight excluding hydrogens is 380 g/mol. The summed E-state index contributed by atoms with van der Waals surface area (Å²) in [6, 6.07) is 10.8. The Morgan fingerprint density at radius 1 is 1.39 bits per heavy atom. The van der Waals surface area contributed by atoms with E-state index in [1.54, 1.807) is 18.2 Å². The van der Waals surface area contributed by atoms with Crippen molar-refractivity contribution in [2.75, 3.05) is 6.61 Å². The maximum atomic E-state index is 12.0. The summed E-state index contributed by atoms with van der Waals surface area (Å²) >= 11 is 9.47. The number of aromatic amines is 1. The average molecular weight is 392 g/mol. The van der Waals surface area contributed by atoms with E-state index in [1.165, 1.54) is 6.08 Å². The van der Waals surface area contributed by atoms with Crippen LogP contribution >= 0.6 is 27.5 Å². The van der Waals surface area contributed by atoms with E-state index in [0.717, 1.165) is 16.6 Å². The van der Waals surface area contributed by atoms with Gasteiger partial charge in [0.25, 0.3) is 0 Å². The molecule has 1 N–H and O–H groups in total. The number of carbonyl (C=O) groups is 1. The van der Waals surface area contributed by atoms with Crippen LogP contribution in [-0.2, 0) is 4.74 Å². The Morgan fingerprint density at radius 2 is 2.22 bits per heavy atom. The summed E-state index contributed by atoms with van der Waals surface area (Å²) in [6.45, 7) is 3.70. The standard InChI is InChI=1S/C17H12BrClN2O2/c1-2-6-23-17(22)11-8-13(18)15-14(9-11)20-16(21-15)10-4-3-5-12(19)7-10/h2-5,7-9H,1,6H2,(H,20,21). The van der Waals surface area contributed by atoms with Crippen molar-refractivity contribution in [2.24, 2.45) is 0 Å². The van der Waals surface area contributed by atoms with Crippen LogP contribution in [0.1, 0.15) is 10.4 Å². The molecule has 2 aromatic carbocycles. The number of halogens is 2. The summed E-state index contributed by atoms with van der Waals surface area (Å²) in [5.41, 5.74) is 2.78. The van der Waals surface area contributed by atoms with E-state index in [1.807, 2.05) is 18.2 Å². The van der Waals surface area contributed by atoms with E-state index < -0.39 is 5.97 Å². The van der Waals surface area contributed by atoms with Gasteiger partial charge in [0.2, 0.25) is 0 Å². The number of nitrogens with one attached hydrogen (secondary N) is 1. The molecule has 23 heavy (non-hydrogen) atoms. The van der Waals surface area contributed by atoms with Crippen molar-refractivity contribution >= 4 is 44.5 Å². The number of nitrogens with zero attached hydrogens (tertiary/aromatic N) is 1. The zero-order chi connectivity index (χ0) is 16.4. The molecule has 116 valence electrons. The number of H-pyrrole nitrogens is 1. The fraction of sp³-hybridized carbons (Fsp3) is 0.0588. The number of esters is 1. The van der Waals surface area contributed by atoms with E-state index in [9.17, 15) is 4.79 Å². The molecule has 0 aliphatic heterocycles. The molecule has 0 bridgehead atoms. The van der Waals surface area contributed by atoms with E-state index in [-0.39, 0.29) is 6.61 Å². The summed E-state index contributed by atoms with van der Waals surface area (Å²) in [5.74, 6) is 0.270. The van der Waals surface area contributed by atoms with Gasteiger partial charge in [-0.05, 0) is 40.2 Å². The number of hydrogen-bond acceptors (Lipinski definition) is 3. The van der Waals surface area contributed by atoms with Crippen molar-refractivity contribution in [1.29, 1.82) is 0 Å². The predicted octanol–water partition coefficient (Wildman–Crippen LogP) is 4.99. The highest BCUT2D eigenvalue weighted by molar-refractivity contribution is 9.10. The zero-order valence-electron chi connectivity index (χ0n) is 12.0. The van der Waals surface area contributed by atoms with Gasteiger partial charge in [-0.2, -0.15) is 0 Å². The van der Waals surface area contributed by atoms with Crippen molar-refractivity contribution in [3.05, 3.63) is 64.1 Å². The highest BCUT2D eigenvalue weighted by Crippen LogP contribution is 2.28. The van der Waals surface area contributed by atoms with Crippen LogP contribution in [-0.4, -0.2) is 22.5 Å². The Bertz CT molecular complexity index is 905. The summed E-state index contributed by atoms with van der Waals surface area (Å²) in [5, 5.41) is 0.635. The molecule has 6 heteroatoms. The average Bonchev–Trinajstić information content (AvgIpc) is 2.97. The Hall–Kier alpha value is -2.11. The lowest BCUT2D eigenvalue weighted by Crippen LogP contribution is -2.05.